The van der Waals surface area contributed by atoms with Crippen molar-refractivity contribution in [3.8, 4) is 5.88 Å². The Morgan fingerprint density at radius 3 is 2.68 bits per heavy atom. The molecule has 1 N–H and O–H groups in total. The lowest BCUT2D eigenvalue weighted by Crippen LogP contribution is -2.40. The van der Waals surface area contributed by atoms with Crippen molar-refractivity contribution < 1.29 is 9.53 Å². The number of nitrogens with zero attached hydrogens (tertiary/aromatic N) is 1. The summed E-state index contributed by atoms with van der Waals surface area (Å²) in [7, 11) is 0. The first-order valence-corrected chi connectivity index (χ1v) is 7.15. The standard InChI is InChI=1S/C15H20N2O2/c1-2-19-14-6-3-10(9-16-14)15(18)11-7-12-4-5-13(8-11)17-12/h3,6,9,11-13,17H,2,4-5,7-8H2,1H3. The van der Waals surface area contributed by atoms with Crippen LogP contribution in [0.1, 0.15) is 43.0 Å². The van der Waals surface area contributed by atoms with E-state index in [4.69, 9.17) is 4.74 Å². The normalized spacial score (nSPS) is 29.2. The Balaban J connectivity index is 1.69. The summed E-state index contributed by atoms with van der Waals surface area (Å²) >= 11 is 0. The highest BCUT2D eigenvalue weighted by molar-refractivity contribution is 5.97. The van der Waals surface area contributed by atoms with Gasteiger partial charge in [0.15, 0.2) is 5.78 Å². The molecule has 3 rings (SSSR count). The zero-order valence-corrected chi connectivity index (χ0v) is 11.3. The Kier molecular flexibility index (Phi) is 3.51. The first-order valence-electron chi connectivity index (χ1n) is 7.15. The van der Waals surface area contributed by atoms with Crippen molar-refractivity contribution in [1.82, 2.24) is 10.3 Å². The maximum absolute atomic E-state index is 12.5. The summed E-state index contributed by atoms with van der Waals surface area (Å²) in [5, 5.41) is 3.56. The van der Waals surface area contributed by atoms with Crippen molar-refractivity contribution in [1.29, 1.82) is 0 Å². The number of Topliss-reactive ketones (excluding diaryl/α,β-unsaturated/α-hetero) is 1. The molecule has 1 aromatic rings. The third kappa shape index (κ3) is 2.63. The SMILES string of the molecule is CCOc1ccc(C(=O)C2CC3CCC(C2)N3)cn1. The van der Waals surface area contributed by atoms with Crippen LogP contribution < -0.4 is 10.1 Å². The quantitative estimate of drug-likeness (QED) is 0.843. The number of hydrogen-bond acceptors (Lipinski definition) is 4. The highest BCUT2D eigenvalue weighted by Gasteiger charge is 2.36. The van der Waals surface area contributed by atoms with E-state index < -0.39 is 0 Å². The Morgan fingerprint density at radius 2 is 2.11 bits per heavy atom. The molecule has 1 aromatic heterocycles. The van der Waals surface area contributed by atoms with Crippen LogP contribution in [0.5, 0.6) is 5.88 Å². The van der Waals surface area contributed by atoms with Gasteiger partial charge in [0.05, 0.1) is 6.61 Å². The number of pyridine rings is 1. The number of fused-ring (bicyclic) bond motifs is 2. The van der Waals surface area contributed by atoms with Crippen LogP contribution in [0.2, 0.25) is 0 Å². The van der Waals surface area contributed by atoms with E-state index in [1.165, 1.54) is 12.8 Å². The van der Waals surface area contributed by atoms with Gasteiger partial charge in [0.25, 0.3) is 0 Å². The summed E-state index contributed by atoms with van der Waals surface area (Å²) in [6, 6.07) is 4.71. The van der Waals surface area contributed by atoms with Gasteiger partial charge in [0.2, 0.25) is 5.88 Å². The van der Waals surface area contributed by atoms with Crippen molar-refractivity contribution in [3.05, 3.63) is 23.9 Å². The molecular weight excluding hydrogens is 240 g/mol. The highest BCUT2D eigenvalue weighted by Crippen LogP contribution is 2.32. The van der Waals surface area contributed by atoms with Gasteiger partial charge in [-0.2, -0.15) is 0 Å². The zero-order chi connectivity index (χ0) is 13.2. The van der Waals surface area contributed by atoms with Gasteiger partial charge in [0, 0.05) is 35.8 Å². The number of ketones is 1. The van der Waals surface area contributed by atoms with E-state index in [2.05, 4.69) is 10.3 Å². The van der Waals surface area contributed by atoms with Crippen LogP contribution in [-0.2, 0) is 0 Å². The molecule has 102 valence electrons. The zero-order valence-electron chi connectivity index (χ0n) is 11.3. The van der Waals surface area contributed by atoms with Gasteiger partial charge in [0.1, 0.15) is 0 Å². The predicted octanol–water partition coefficient (Wildman–Crippen LogP) is 2.19. The Bertz CT molecular complexity index is 446. The number of hydrogen-bond donors (Lipinski definition) is 1. The minimum Gasteiger partial charge on any atom is -0.478 e. The molecule has 2 bridgehead atoms. The summed E-state index contributed by atoms with van der Waals surface area (Å²) in [4.78, 5) is 16.7. The number of aromatic nitrogens is 1. The summed E-state index contributed by atoms with van der Waals surface area (Å²) in [6.45, 7) is 2.52. The molecule has 0 saturated carbocycles. The van der Waals surface area contributed by atoms with Gasteiger partial charge in [-0.15, -0.1) is 0 Å². The lowest BCUT2D eigenvalue weighted by Gasteiger charge is -2.28. The van der Waals surface area contributed by atoms with Crippen molar-refractivity contribution in [2.24, 2.45) is 5.92 Å². The Labute approximate surface area is 113 Å². The maximum atomic E-state index is 12.5. The minimum atomic E-state index is 0.165. The van der Waals surface area contributed by atoms with E-state index in [1.807, 2.05) is 13.0 Å². The van der Waals surface area contributed by atoms with Crippen LogP contribution in [-0.4, -0.2) is 29.5 Å². The smallest absolute Gasteiger partial charge is 0.213 e. The molecular formula is C15H20N2O2. The maximum Gasteiger partial charge on any atom is 0.213 e. The second-order valence-corrected chi connectivity index (χ2v) is 5.49. The fourth-order valence-corrected chi connectivity index (χ4v) is 3.27. The third-order valence-corrected chi connectivity index (χ3v) is 4.16. The van der Waals surface area contributed by atoms with Crippen LogP contribution in [0.25, 0.3) is 0 Å². The number of rotatable bonds is 4. The molecule has 0 radical (unpaired) electrons. The highest BCUT2D eigenvalue weighted by atomic mass is 16.5. The van der Waals surface area contributed by atoms with Crippen LogP contribution in [0, 0.1) is 5.92 Å². The van der Waals surface area contributed by atoms with Crippen molar-refractivity contribution in [2.45, 2.75) is 44.7 Å². The van der Waals surface area contributed by atoms with Crippen LogP contribution in [0.4, 0.5) is 0 Å². The molecule has 0 aromatic carbocycles. The van der Waals surface area contributed by atoms with Gasteiger partial charge in [-0.25, -0.2) is 4.98 Å². The Hall–Kier alpha value is -1.42. The molecule has 3 heterocycles. The second-order valence-electron chi connectivity index (χ2n) is 5.49. The minimum absolute atomic E-state index is 0.165. The van der Waals surface area contributed by atoms with E-state index in [-0.39, 0.29) is 11.7 Å². The first-order chi connectivity index (χ1) is 9.26. The molecule has 19 heavy (non-hydrogen) atoms. The van der Waals surface area contributed by atoms with Gasteiger partial charge < -0.3 is 10.1 Å². The van der Waals surface area contributed by atoms with E-state index in [0.717, 1.165) is 18.4 Å². The first kappa shape index (κ1) is 12.6. The van der Waals surface area contributed by atoms with Crippen molar-refractivity contribution >= 4 is 5.78 Å². The van der Waals surface area contributed by atoms with Crippen LogP contribution in [0.15, 0.2) is 18.3 Å². The molecule has 2 unspecified atom stereocenters. The third-order valence-electron chi connectivity index (χ3n) is 4.16. The number of carbonyl (C=O) groups is 1. The molecule has 2 aliphatic rings. The van der Waals surface area contributed by atoms with Crippen molar-refractivity contribution in [3.63, 3.8) is 0 Å². The summed E-state index contributed by atoms with van der Waals surface area (Å²) < 4.78 is 5.30. The van der Waals surface area contributed by atoms with Crippen LogP contribution >= 0.6 is 0 Å². The monoisotopic (exact) mass is 260 g/mol. The largest absolute Gasteiger partial charge is 0.478 e. The molecule has 2 saturated heterocycles. The molecule has 2 atom stereocenters. The topological polar surface area (TPSA) is 51.2 Å². The molecule has 4 nitrogen and oxygen atoms in total. The average Bonchev–Trinajstić information content (AvgIpc) is 2.78. The predicted molar refractivity (Wildman–Crippen MR) is 72.4 cm³/mol. The molecule has 2 fully saturated rings. The summed E-state index contributed by atoms with van der Waals surface area (Å²) in [5.74, 6) is 0.997. The van der Waals surface area contributed by atoms with Gasteiger partial charge in [-0.1, -0.05) is 0 Å². The number of nitrogens with one attached hydrogen (secondary N) is 1. The van der Waals surface area contributed by atoms with E-state index in [9.17, 15) is 4.79 Å². The van der Waals surface area contributed by atoms with Gasteiger partial charge in [-0.05, 0) is 38.7 Å². The summed E-state index contributed by atoms with van der Waals surface area (Å²) in [6.07, 6.45) is 6.04. The Morgan fingerprint density at radius 1 is 1.37 bits per heavy atom. The molecule has 0 amide bonds. The molecule has 0 spiro atoms. The molecule has 2 aliphatic heterocycles. The van der Waals surface area contributed by atoms with Crippen LogP contribution in [0.3, 0.4) is 0 Å². The molecule has 0 aliphatic carbocycles. The fraction of sp³-hybridized carbons (Fsp3) is 0.600. The summed E-state index contributed by atoms with van der Waals surface area (Å²) in [5.41, 5.74) is 0.717. The van der Waals surface area contributed by atoms with Crippen molar-refractivity contribution in [2.75, 3.05) is 6.61 Å². The van der Waals surface area contributed by atoms with E-state index >= 15 is 0 Å². The fourth-order valence-electron chi connectivity index (χ4n) is 3.27. The van der Waals surface area contributed by atoms with E-state index in [0.29, 0.717) is 24.6 Å². The number of piperidine rings is 1. The second kappa shape index (κ2) is 5.29. The number of ether oxygens (including phenoxy) is 1. The van der Waals surface area contributed by atoms with Gasteiger partial charge >= 0.3 is 0 Å². The lowest BCUT2D eigenvalue weighted by atomic mass is 9.86. The molecule has 4 heteroatoms. The average molecular weight is 260 g/mol. The van der Waals surface area contributed by atoms with E-state index in [1.54, 1.807) is 12.3 Å². The number of carbonyl (C=O) groups excluding carboxylic acids is 1. The lowest BCUT2D eigenvalue weighted by molar-refractivity contribution is 0.0875. The van der Waals surface area contributed by atoms with Gasteiger partial charge in [-0.3, -0.25) is 4.79 Å².